The maximum absolute atomic E-state index is 6.09. The van der Waals surface area contributed by atoms with Crippen molar-refractivity contribution in [3.63, 3.8) is 0 Å². The van der Waals surface area contributed by atoms with Crippen LogP contribution < -0.4 is 5.32 Å². The fourth-order valence-corrected chi connectivity index (χ4v) is 4.28. The summed E-state index contributed by atoms with van der Waals surface area (Å²) < 4.78 is 0. The molecule has 1 saturated heterocycles. The zero-order valence-electron chi connectivity index (χ0n) is 13.6. The van der Waals surface area contributed by atoms with Gasteiger partial charge in [-0.25, -0.2) is 0 Å². The number of hydrogen-bond donors (Lipinski definition) is 1. The smallest absolute Gasteiger partial charge is 0.0595 e. The van der Waals surface area contributed by atoms with E-state index < -0.39 is 0 Å². The van der Waals surface area contributed by atoms with Crippen molar-refractivity contribution in [1.82, 2.24) is 10.2 Å². The molecule has 0 bridgehead atoms. The van der Waals surface area contributed by atoms with E-state index >= 15 is 0 Å². The summed E-state index contributed by atoms with van der Waals surface area (Å²) >= 11 is 12.1. The second-order valence-electron chi connectivity index (χ2n) is 6.65. The first-order valence-electron chi connectivity index (χ1n) is 8.65. The summed E-state index contributed by atoms with van der Waals surface area (Å²) in [6.07, 6.45) is 9.23. The zero-order chi connectivity index (χ0) is 15.4. The van der Waals surface area contributed by atoms with Crippen molar-refractivity contribution < 1.29 is 0 Å². The van der Waals surface area contributed by atoms with Crippen molar-refractivity contribution >= 4 is 40.2 Å². The van der Waals surface area contributed by atoms with E-state index in [0.29, 0.717) is 16.1 Å². The number of likely N-dealkylation sites (tertiary alicyclic amines) is 1. The Morgan fingerprint density at radius 2 is 1.74 bits per heavy atom. The van der Waals surface area contributed by atoms with Crippen LogP contribution >= 0.6 is 40.2 Å². The number of hydrogen-bond acceptors (Lipinski definition) is 2. The minimum Gasteiger partial charge on any atom is -0.312 e. The molecule has 0 spiro atoms. The molecule has 1 aromatic carbocycles. The lowest BCUT2D eigenvalue weighted by Crippen LogP contribution is -2.51. The Bertz CT molecular complexity index is 492. The van der Waals surface area contributed by atoms with Crippen LogP contribution in [-0.2, 0) is 6.42 Å². The molecule has 1 aliphatic carbocycles. The van der Waals surface area contributed by atoms with Crippen molar-refractivity contribution in [2.45, 2.75) is 57.0 Å². The molecule has 1 heterocycles. The van der Waals surface area contributed by atoms with Gasteiger partial charge in [-0.05, 0) is 69.4 Å². The Kier molecular flexibility index (Phi) is 8.17. The van der Waals surface area contributed by atoms with Gasteiger partial charge in [-0.1, -0.05) is 42.1 Å². The van der Waals surface area contributed by atoms with Crippen LogP contribution in [0, 0.1) is 0 Å². The summed E-state index contributed by atoms with van der Waals surface area (Å²) in [6.45, 7) is 3.62. The van der Waals surface area contributed by atoms with Crippen LogP contribution in [0.5, 0.6) is 0 Å². The van der Waals surface area contributed by atoms with Gasteiger partial charge in [0.05, 0.1) is 10.0 Å². The molecule has 3 rings (SSSR count). The lowest BCUT2D eigenvalue weighted by Gasteiger charge is -2.38. The largest absolute Gasteiger partial charge is 0.312 e. The highest BCUT2D eigenvalue weighted by Crippen LogP contribution is 2.26. The summed E-state index contributed by atoms with van der Waals surface area (Å²) in [4.78, 5) is 2.72. The van der Waals surface area contributed by atoms with E-state index in [1.165, 1.54) is 57.2 Å². The van der Waals surface area contributed by atoms with Crippen molar-refractivity contribution in [2.75, 3.05) is 19.6 Å². The molecule has 2 atom stereocenters. The van der Waals surface area contributed by atoms with Crippen LogP contribution in [-0.4, -0.2) is 36.6 Å². The molecule has 0 radical (unpaired) electrons. The van der Waals surface area contributed by atoms with Gasteiger partial charge in [-0.15, -0.1) is 17.0 Å². The van der Waals surface area contributed by atoms with Crippen LogP contribution in [0.1, 0.15) is 44.1 Å². The van der Waals surface area contributed by atoms with Crippen molar-refractivity contribution in [1.29, 1.82) is 0 Å². The van der Waals surface area contributed by atoms with Gasteiger partial charge >= 0.3 is 0 Å². The first-order valence-corrected chi connectivity index (χ1v) is 9.41. The number of nitrogens with one attached hydrogen (secondary N) is 1. The van der Waals surface area contributed by atoms with Gasteiger partial charge in [0.25, 0.3) is 0 Å². The fraction of sp³-hybridized carbons (Fsp3) is 0.667. The number of rotatable bonds is 5. The molecular formula is C18H27BrCl2N2. The molecule has 5 heteroatoms. The molecule has 2 aliphatic rings. The minimum atomic E-state index is 0. The van der Waals surface area contributed by atoms with Crippen LogP contribution in [0.3, 0.4) is 0 Å². The van der Waals surface area contributed by atoms with E-state index in [4.69, 9.17) is 23.2 Å². The standard InChI is InChI=1S/C18H26Cl2N2.BrH/c19-15-8-7-14(13-16(15)20)9-10-21-17-5-1-2-6-18(17)22-11-3-4-12-22;/h7-8,13,17-18,21H,1-6,9-12H2;1H/t17-,18+;/m0./s1. The lowest BCUT2D eigenvalue weighted by atomic mass is 9.89. The fourth-order valence-electron chi connectivity index (χ4n) is 3.96. The summed E-state index contributed by atoms with van der Waals surface area (Å²) in [7, 11) is 0. The monoisotopic (exact) mass is 420 g/mol. The molecule has 1 N–H and O–H groups in total. The molecule has 0 unspecified atom stereocenters. The van der Waals surface area contributed by atoms with Crippen molar-refractivity contribution in [3.05, 3.63) is 33.8 Å². The van der Waals surface area contributed by atoms with Crippen molar-refractivity contribution in [2.24, 2.45) is 0 Å². The molecule has 130 valence electrons. The Hall–Kier alpha value is 0.200. The third kappa shape index (κ3) is 5.34. The van der Waals surface area contributed by atoms with Crippen LogP contribution in [0.2, 0.25) is 10.0 Å². The molecular weight excluding hydrogens is 395 g/mol. The Balaban J connectivity index is 0.00000192. The predicted molar refractivity (Wildman–Crippen MR) is 105 cm³/mol. The quantitative estimate of drug-likeness (QED) is 0.710. The first-order chi connectivity index (χ1) is 10.7. The SMILES string of the molecule is Br.Clc1ccc(CCN[C@H]2CCCC[C@H]2N2CCCC2)cc1Cl. The zero-order valence-corrected chi connectivity index (χ0v) is 16.8. The Labute approximate surface area is 160 Å². The van der Waals surface area contributed by atoms with E-state index in [-0.39, 0.29) is 17.0 Å². The average molecular weight is 422 g/mol. The van der Waals surface area contributed by atoms with Crippen LogP contribution in [0.15, 0.2) is 18.2 Å². The Morgan fingerprint density at radius 3 is 2.48 bits per heavy atom. The first kappa shape index (κ1) is 19.5. The van der Waals surface area contributed by atoms with Gasteiger partial charge in [0.1, 0.15) is 0 Å². The highest BCUT2D eigenvalue weighted by Gasteiger charge is 2.30. The maximum atomic E-state index is 6.09. The second kappa shape index (κ2) is 9.62. The molecule has 0 amide bonds. The van der Waals surface area contributed by atoms with E-state index in [0.717, 1.165) is 19.0 Å². The normalized spacial score (nSPS) is 25.3. The summed E-state index contributed by atoms with van der Waals surface area (Å²) in [5.74, 6) is 0. The highest BCUT2D eigenvalue weighted by molar-refractivity contribution is 8.93. The van der Waals surface area contributed by atoms with Crippen molar-refractivity contribution in [3.8, 4) is 0 Å². The predicted octanol–water partition coefficient (Wildman–Crippen LogP) is 5.11. The molecule has 1 aromatic rings. The summed E-state index contributed by atoms with van der Waals surface area (Å²) in [5.41, 5.74) is 1.26. The van der Waals surface area contributed by atoms with E-state index in [2.05, 4.69) is 16.3 Å². The van der Waals surface area contributed by atoms with Gasteiger partial charge in [0.15, 0.2) is 0 Å². The molecule has 1 aliphatic heterocycles. The third-order valence-electron chi connectivity index (χ3n) is 5.14. The highest BCUT2D eigenvalue weighted by atomic mass is 79.9. The van der Waals surface area contributed by atoms with Gasteiger partial charge in [-0.2, -0.15) is 0 Å². The number of halogens is 3. The second-order valence-corrected chi connectivity index (χ2v) is 7.47. The molecule has 23 heavy (non-hydrogen) atoms. The Morgan fingerprint density at radius 1 is 1.00 bits per heavy atom. The summed E-state index contributed by atoms with van der Waals surface area (Å²) in [6, 6.07) is 7.38. The lowest BCUT2D eigenvalue weighted by molar-refractivity contribution is 0.149. The van der Waals surface area contributed by atoms with E-state index in [9.17, 15) is 0 Å². The third-order valence-corrected chi connectivity index (χ3v) is 5.88. The molecule has 2 nitrogen and oxygen atoms in total. The van der Waals surface area contributed by atoms with Gasteiger partial charge in [-0.3, -0.25) is 4.90 Å². The van der Waals surface area contributed by atoms with Gasteiger partial charge in [0, 0.05) is 12.1 Å². The van der Waals surface area contributed by atoms with Crippen LogP contribution in [0.4, 0.5) is 0 Å². The van der Waals surface area contributed by atoms with E-state index in [1.807, 2.05) is 12.1 Å². The molecule has 1 saturated carbocycles. The molecule has 2 fully saturated rings. The van der Waals surface area contributed by atoms with Crippen LogP contribution in [0.25, 0.3) is 0 Å². The maximum Gasteiger partial charge on any atom is 0.0595 e. The summed E-state index contributed by atoms with van der Waals surface area (Å²) in [5, 5.41) is 5.11. The topological polar surface area (TPSA) is 15.3 Å². The van der Waals surface area contributed by atoms with E-state index in [1.54, 1.807) is 0 Å². The molecule has 0 aromatic heterocycles. The minimum absolute atomic E-state index is 0. The number of nitrogens with zero attached hydrogens (tertiary/aromatic N) is 1. The van der Waals surface area contributed by atoms with Gasteiger partial charge in [0.2, 0.25) is 0 Å². The number of benzene rings is 1. The average Bonchev–Trinajstić information content (AvgIpc) is 3.05. The van der Waals surface area contributed by atoms with Gasteiger partial charge < -0.3 is 5.32 Å².